The highest BCUT2D eigenvalue weighted by molar-refractivity contribution is 5.96. The van der Waals surface area contributed by atoms with E-state index in [2.05, 4.69) is 9.97 Å². The molecule has 22 heavy (non-hydrogen) atoms. The molecule has 112 valence electrons. The van der Waals surface area contributed by atoms with Crippen molar-refractivity contribution in [3.05, 3.63) is 54.0 Å². The number of nitrogens with two attached hydrogens (primary N) is 1. The number of halogens is 1. The molecule has 0 radical (unpaired) electrons. The van der Waals surface area contributed by atoms with Gasteiger partial charge in [0.25, 0.3) is 0 Å². The van der Waals surface area contributed by atoms with Crippen LogP contribution in [0.15, 0.2) is 42.5 Å². The Kier molecular flexibility index (Phi) is 3.32. The standard InChI is InChI=1S/C18H18FN3/c1-18(2,3)15-10-14(21-17(20)22-15)16-12-7-5-4-6-11(12)8-9-13(16)19/h4-10H,1-3H3,(H2,20,21,22). The zero-order valence-electron chi connectivity index (χ0n) is 12.9. The van der Waals surface area contributed by atoms with Gasteiger partial charge in [-0.1, -0.05) is 51.1 Å². The minimum Gasteiger partial charge on any atom is -0.368 e. The van der Waals surface area contributed by atoms with Crippen molar-refractivity contribution in [3.8, 4) is 11.3 Å². The highest BCUT2D eigenvalue weighted by atomic mass is 19.1. The third kappa shape index (κ3) is 2.52. The van der Waals surface area contributed by atoms with Crippen LogP contribution in [-0.2, 0) is 5.41 Å². The summed E-state index contributed by atoms with van der Waals surface area (Å²) in [6.07, 6.45) is 0. The van der Waals surface area contributed by atoms with Crippen molar-refractivity contribution >= 4 is 16.7 Å². The Morgan fingerprint density at radius 2 is 1.73 bits per heavy atom. The fraction of sp³-hybridized carbons (Fsp3) is 0.222. The van der Waals surface area contributed by atoms with Crippen molar-refractivity contribution < 1.29 is 4.39 Å². The molecule has 0 spiro atoms. The molecule has 0 aliphatic carbocycles. The van der Waals surface area contributed by atoms with E-state index >= 15 is 0 Å². The largest absolute Gasteiger partial charge is 0.368 e. The van der Waals surface area contributed by atoms with Crippen molar-refractivity contribution in [3.63, 3.8) is 0 Å². The number of anilines is 1. The molecule has 1 aromatic heterocycles. The van der Waals surface area contributed by atoms with E-state index in [-0.39, 0.29) is 17.2 Å². The molecular weight excluding hydrogens is 277 g/mol. The number of hydrogen-bond acceptors (Lipinski definition) is 3. The van der Waals surface area contributed by atoms with E-state index in [1.807, 2.05) is 51.1 Å². The molecule has 0 unspecified atom stereocenters. The fourth-order valence-electron chi connectivity index (χ4n) is 2.48. The van der Waals surface area contributed by atoms with Crippen molar-refractivity contribution in [2.75, 3.05) is 5.73 Å². The van der Waals surface area contributed by atoms with E-state index in [0.29, 0.717) is 11.3 Å². The van der Waals surface area contributed by atoms with Crippen LogP contribution in [0.3, 0.4) is 0 Å². The predicted octanol–water partition coefficient (Wildman–Crippen LogP) is 4.32. The summed E-state index contributed by atoms with van der Waals surface area (Å²) in [5, 5.41) is 1.79. The maximum Gasteiger partial charge on any atom is 0.220 e. The summed E-state index contributed by atoms with van der Waals surface area (Å²) in [7, 11) is 0. The molecule has 2 N–H and O–H groups in total. The Balaban J connectivity index is 2.33. The summed E-state index contributed by atoms with van der Waals surface area (Å²) in [6.45, 7) is 6.12. The number of benzene rings is 2. The van der Waals surface area contributed by atoms with E-state index < -0.39 is 0 Å². The van der Waals surface area contributed by atoms with Crippen LogP contribution in [-0.4, -0.2) is 9.97 Å². The van der Waals surface area contributed by atoms with Gasteiger partial charge in [-0.05, 0) is 22.9 Å². The molecule has 2 aromatic carbocycles. The van der Waals surface area contributed by atoms with Crippen molar-refractivity contribution in [1.82, 2.24) is 9.97 Å². The van der Waals surface area contributed by atoms with E-state index in [1.165, 1.54) is 6.07 Å². The first-order valence-corrected chi connectivity index (χ1v) is 7.19. The van der Waals surface area contributed by atoms with Gasteiger partial charge in [0.2, 0.25) is 5.95 Å². The molecule has 0 bridgehead atoms. The fourth-order valence-corrected chi connectivity index (χ4v) is 2.48. The van der Waals surface area contributed by atoms with E-state index in [9.17, 15) is 4.39 Å². The average molecular weight is 295 g/mol. The SMILES string of the molecule is CC(C)(C)c1cc(-c2c(F)ccc3ccccc23)nc(N)n1. The number of nitrogens with zero attached hydrogens (tertiary/aromatic N) is 2. The lowest BCUT2D eigenvalue weighted by Gasteiger charge is -2.19. The molecule has 3 rings (SSSR count). The van der Waals surface area contributed by atoms with Crippen LogP contribution in [0.25, 0.3) is 22.0 Å². The molecule has 0 atom stereocenters. The maximum absolute atomic E-state index is 14.5. The third-order valence-electron chi connectivity index (χ3n) is 3.65. The number of fused-ring (bicyclic) bond motifs is 1. The lowest BCUT2D eigenvalue weighted by molar-refractivity contribution is 0.568. The van der Waals surface area contributed by atoms with Crippen molar-refractivity contribution in [2.45, 2.75) is 26.2 Å². The normalized spacial score (nSPS) is 11.8. The van der Waals surface area contributed by atoms with Gasteiger partial charge >= 0.3 is 0 Å². The van der Waals surface area contributed by atoms with Crippen LogP contribution in [0.5, 0.6) is 0 Å². The second-order valence-electron chi connectivity index (χ2n) is 6.39. The Bertz CT molecular complexity index is 851. The Hall–Kier alpha value is -2.49. The second kappa shape index (κ2) is 5.05. The van der Waals surface area contributed by atoms with E-state index in [0.717, 1.165) is 16.5 Å². The van der Waals surface area contributed by atoms with E-state index in [1.54, 1.807) is 6.07 Å². The zero-order valence-corrected chi connectivity index (χ0v) is 12.9. The molecule has 0 saturated carbocycles. The molecule has 3 nitrogen and oxygen atoms in total. The molecule has 0 fully saturated rings. The Morgan fingerprint density at radius 3 is 2.45 bits per heavy atom. The van der Waals surface area contributed by atoms with Crippen LogP contribution < -0.4 is 5.73 Å². The van der Waals surface area contributed by atoms with Gasteiger partial charge in [-0.25, -0.2) is 14.4 Å². The summed E-state index contributed by atoms with van der Waals surface area (Å²) in [4.78, 5) is 8.54. The molecule has 3 aromatic rings. The monoisotopic (exact) mass is 295 g/mol. The minimum atomic E-state index is -0.309. The summed E-state index contributed by atoms with van der Waals surface area (Å²) < 4.78 is 14.5. The summed E-state index contributed by atoms with van der Waals surface area (Å²) in [5.41, 5.74) is 7.44. The summed E-state index contributed by atoms with van der Waals surface area (Å²) >= 11 is 0. The average Bonchev–Trinajstić information content (AvgIpc) is 2.45. The molecule has 0 aliphatic rings. The molecule has 0 aliphatic heterocycles. The van der Waals surface area contributed by atoms with Crippen LogP contribution in [0.2, 0.25) is 0 Å². The molecule has 1 heterocycles. The number of aromatic nitrogens is 2. The van der Waals surface area contributed by atoms with Gasteiger partial charge in [0.1, 0.15) is 5.82 Å². The van der Waals surface area contributed by atoms with Gasteiger partial charge in [0.15, 0.2) is 0 Å². The first-order chi connectivity index (χ1) is 10.4. The number of rotatable bonds is 1. The molecule has 4 heteroatoms. The van der Waals surface area contributed by atoms with Gasteiger partial charge in [0.05, 0.1) is 11.4 Å². The quantitative estimate of drug-likeness (QED) is 0.727. The van der Waals surface area contributed by atoms with Crippen LogP contribution >= 0.6 is 0 Å². The third-order valence-corrected chi connectivity index (χ3v) is 3.65. The molecular formula is C18H18FN3. The molecule has 0 amide bonds. The topological polar surface area (TPSA) is 51.8 Å². The lowest BCUT2D eigenvalue weighted by atomic mass is 9.90. The van der Waals surface area contributed by atoms with E-state index in [4.69, 9.17) is 5.73 Å². The van der Waals surface area contributed by atoms with Crippen LogP contribution in [0, 0.1) is 5.82 Å². The summed E-state index contributed by atoms with van der Waals surface area (Å²) in [6, 6.07) is 12.7. The van der Waals surface area contributed by atoms with Gasteiger partial charge < -0.3 is 5.73 Å². The first kappa shape index (κ1) is 14.4. The van der Waals surface area contributed by atoms with Crippen molar-refractivity contribution in [1.29, 1.82) is 0 Å². The smallest absolute Gasteiger partial charge is 0.220 e. The van der Waals surface area contributed by atoms with Crippen LogP contribution in [0.4, 0.5) is 10.3 Å². The minimum absolute atomic E-state index is 0.162. The Labute approximate surface area is 129 Å². The second-order valence-corrected chi connectivity index (χ2v) is 6.39. The lowest BCUT2D eigenvalue weighted by Crippen LogP contribution is -2.15. The maximum atomic E-state index is 14.5. The van der Waals surface area contributed by atoms with Gasteiger partial charge in [-0.3, -0.25) is 0 Å². The number of nitrogen functional groups attached to an aromatic ring is 1. The van der Waals surface area contributed by atoms with Gasteiger partial charge in [0, 0.05) is 11.0 Å². The Morgan fingerprint density at radius 1 is 1.00 bits per heavy atom. The summed E-state index contributed by atoms with van der Waals surface area (Å²) in [5.74, 6) is -0.147. The number of hydrogen-bond donors (Lipinski definition) is 1. The zero-order chi connectivity index (χ0) is 15.9. The van der Waals surface area contributed by atoms with Crippen molar-refractivity contribution in [2.24, 2.45) is 0 Å². The highest BCUT2D eigenvalue weighted by Crippen LogP contribution is 2.32. The highest BCUT2D eigenvalue weighted by Gasteiger charge is 2.20. The van der Waals surface area contributed by atoms with Gasteiger partial charge in [-0.15, -0.1) is 0 Å². The van der Waals surface area contributed by atoms with Crippen LogP contribution in [0.1, 0.15) is 26.5 Å². The molecule has 0 saturated heterocycles. The van der Waals surface area contributed by atoms with Gasteiger partial charge in [-0.2, -0.15) is 0 Å². The predicted molar refractivity (Wildman–Crippen MR) is 88.0 cm³/mol. The first-order valence-electron chi connectivity index (χ1n) is 7.19.